The zero-order valence-corrected chi connectivity index (χ0v) is 11.4. The highest BCUT2D eigenvalue weighted by Gasteiger charge is 2.17. The first kappa shape index (κ1) is 15.4. The third kappa shape index (κ3) is 4.47. The van der Waals surface area contributed by atoms with Crippen molar-refractivity contribution in [3.63, 3.8) is 0 Å². The number of hydrogen-bond donors (Lipinski definition) is 2. The topological polar surface area (TPSA) is 69.6 Å². The number of carbonyl (C=O) groups excluding carboxylic acids is 1. The lowest BCUT2D eigenvalue weighted by Crippen LogP contribution is -2.35. The van der Waals surface area contributed by atoms with Gasteiger partial charge in [-0.1, -0.05) is 15.9 Å². The van der Waals surface area contributed by atoms with E-state index in [1.165, 1.54) is 25.2 Å². The van der Waals surface area contributed by atoms with Gasteiger partial charge in [-0.05, 0) is 18.2 Å². The Morgan fingerprint density at radius 1 is 1.47 bits per heavy atom. The van der Waals surface area contributed by atoms with Gasteiger partial charge in [-0.3, -0.25) is 0 Å². The fourth-order valence-electron chi connectivity index (χ4n) is 1.30. The van der Waals surface area contributed by atoms with E-state index >= 15 is 0 Å². The summed E-state index contributed by atoms with van der Waals surface area (Å²) in [6.45, 7) is -0.731. The molecule has 0 heterocycles. The summed E-state index contributed by atoms with van der Waals surface area (Å²) in [7, 11) is 1.20. The molecule has 0 atom stereocenters. The van der Waals surface area contributed by atoms with Gasteiger partial charge in [0.25, 0.3) is 6.43 Å². The van der Waals surface area contributed by atoms with Gasteiger partial charge in [-0.25, -0.2) is 18.4 Å². The molecular weight excluding hydrogens is 326 g/mol. The number of carboxylic acids is 1. The minimum Gasteiger partial charge on any atom is -0.478 e. The van der Waals surface area contributed by atoms with E-state index in [2.05, 4.69) is 21.2 Å². The van der Waals surface area contributed by atoms with Gasteiger partial charge in [-0.2, -0.15) is 0 Å². The first-order valence-corrected chi connectivity index (χ1v) is 5.93. The van der Waals surface area contributed by atoms with E-state index in [0.717, 1.165) is 4.90 Å². The van der Waals surface area contributed by atoms with E-state index in [9.17, 15) is 18.4 Å². The van der Waals surface area contributed by atoms with Crippen molar-refractivity contribution in [2.75, 3.05) is 18.9 Å². The average Bonchev–Trinajstić information content (AvgIpc) is 2.30. The van der Waals surface area contributed by atoms with Crippen LogP contribution >= 0.6 is 15.9 Å². The monoisotopic (exact) mass is 336 g/mol. The number of alkyl halides is 2. The number of aromatic carboxylic acids is 1. The van der Waals surface area contributed by atoms with E-state index in [1.807, 2.05) is 0 Å². The number of rotatable bonds is 4. The summed E-state index contributed by atoms with van der Waals surface area (Å²) in [4.78, 5) is 23.4. The zero-order valence-electron chi connectivity index (χ0n) is 9.86. The molecule has 0 saturated heterocycles. The van der Waals surface area contributed by atoms with Gasteiger partial charge >= 0.3 is 12.0 Å². The smallest absolute Gasteiger partial charge is 0.337 e. The van der Waals surface area contributed by atoms with Crippen LogP contribution < -0.4 is 5.32 Å². The van der Waals surface area contributed by atoms with Gasteiger partial charge in [0.1, 0.15) is 0 Å². The Kier molecular flexibility index (Phi) is 5.22. The lowest BCUT2D eigenvalue weighted by Gasteiger charge is -2.18. The molecule has 0 aliphatic heterocycles. The van der Waals surface area contributed by atoms with Crippen LogP contribution in [0.5, 0.6) is 0 Å². The third-order valence-electron chi connectivity index (χ3n) is 2.21. The van der Waals surface area contributed by atoms with Gasteiger partial charge in [0.2, 0.25) is 0 Å². The van der Waals surface area contributed by atoms with Crippen molar-refractivity contribution in [2.24, 2.45) is 0 Å². The van der Waals surface area contributed by atoms with Crippen LogP contribution in [0.25, 0.3) is 0 Å². The quantitative estimate of drug-likeness (QED) is 0.888. The number of hydrogen-bond acceptors (Lipinski definition) is 2. The van der Waals surface area contributed by atoms with Gasteiger partial charge in [0.15, 0.2) is 0 Å². The molecule has 2 amide bonds. The van der Waals surface area contributed by atoms with Gasteiger partial charge in [-0.15, -0.1) is 0 Å². The highest BCUT2D eigenvalue weighted by atomic mass is 79.9. The van der Waals surface area contributed by atoms with Crippen LogP contribution in [0.2, 0.25) is 0 Å². The zero-order chi connectivity index (χ0) is 14.6. The first-order chi connectivity index (χ1) is 8.81. The molecule has 0 fully saturated rings. The molecule has 0 saturated carbocycles. The SMILES string of the molecule is CN(CC(F)F)C(=O)Nc1ccc(Br)cc1C(=O)O. The Bertz CT molecular complexity index is 497. The van der Waals surface area contributed by atoms with E-state index < -0.39 is 25.0 Å². The van der Waals surface area contributed by atoms with Crippen LogP contribution in [0, 0.1) is 0 Å². The highest BCUT2D eigenvalue weighted by Crippen LogP contribution is 2.21. The molecule has 0 bridgehead atoms. The fraction of sp³-hybridized carbons (Fsp3) is 0.273. The van der Waals surface area contributed by atoms with E-state index in [0.29, 0.717) is 4.47 Å². The number of benzene rings is 1. The molecule has 19 heavy (non-hydrogen) atoms. The van der Waals surface area contributed by atoms with Crippen molar-refractivity contribution >= 4 is 33.6 Å². The van der Waals surface area contributed by atoms with Crippen molar-refractivity contribution in [1.29, 1.82) is 0 Å². The predicted molar refractivity (Wildman–Crippen MR) is 68.8 cm³/mol. The highest BCUT2D eigenvalue weighted by molar-refractivity contribution is 9.10. The van der Waals surface area contributed by atoms with Crippen molar-refractivity contribution in [3.05, 3.63) is 28.2 Å². The molecule has 0 aliphatic rings. The Balaban J connectivity index is 2.87. The van der Waals surface area contributed by atoms with Crippen molar-refractivity contribution in [2.45, 2.75) is 6.43 Å². The van der Waals surface area contributed by atoms with Crippen LogP contribution in [0.15, 0.2) is 22.7 Å². The maximum atomic E-state index is 12.1. The number of anilines is 1. The molecule has 1 aromatic carbocycles. The molecule has 8 heteroatoms. The molecule has 1 aromatic rings. The second-order valence-corrected chi connectivity index (χ2v) is 4.61. The molecule has 104 valence electrons. The molecule has 0 radical (unpaired) electrons. The molecule has 2 N–H and O–H groups in total. The van der Waals surface area contributed by atoms with E-state index in [4.69, 9.17) is 5.11 Å². The number of carboxylic acid groups (broad SMARTS) is 1. The molecule has 0 unspecified atom stereocenters. The fourth-order valence-corrected chi connectivity index (χ4v) is 1.66. The Labute approximate surface area is 116 Å². The van der Waals surface area contributed by atoms with E-state index in [-0.39, 0.29) is 11.3 Å². The van der Waals surface area contributed by atoms with Gasteiger partial charge in [0, 0.05) is 11.5 Å². The van der Waals surface area contributed by atoms with Crippen molar-refractivity contribution in [3.8, 4) is 0 Å². The Morgan fingerprint density at radius 3 is 2.63 bits per heavy atom. The molecule has 0 spiro atoms. The number of carbonyl (C=O) groups is 2. The van der Waals surface area contributed by atoms with Crippen molar-refractivity contribution in [1.82, 2.24) is 4.90 Å². The predicted octanol–water partition coefficient (Wildman–Crippen LogP) is 2.88. The lowest BCUT2D eigenvalue weighted by molar-refractivity contribution is 0.0697. The Hall–Kier alpha value is -1.70. The average molecular weight is 337 g/mol. The minimum absolute atomic E-state index is 0.0433. The second-order valence-electron chi connectivity index (χ2n) is 3.70. The number of halogens is 3. The number of nitrogens with zero attached hydrogens (tertiary/aromatic N) is 1. The first-order valence-electron chi connectivity index (χ1n) is 5.14. The van der Waals surface area contributed by atoms with Crippen LogP contribution in [0.3, 0.4) is 0 Å². The summed E-state index contributed by atoms with van der Waals surface area (Å²) in [6, 6.07) is 3.42. The normalized spacial score (nSPS) is 10.4. The summed E-state index contributed by atoms with van der Waals surface area (Å²) < 4.78 is 24.8. The van der Waals surface area contributed by atoms with Gasteiger partial charge < -0.3 is 15.3 Å². The van der Waals surface area contributed by atoms with Gasteiger partial charge in [0.05, 0.1) is 17.8 Å². The molecule has 5 nitrogen and oxygen atoms in total. The molecule has 0 aromatic heterocycles. The maximum Gasteiger partial charge on any atom is 0.337 e. The molecule has 1 rings (SSSR count). The number of amides is 2. The van der Waals surface area contributed by atoms with Crippen LogP contribution in [0.1, 0.15) is 10.4 Å². The second kappa shape index (κ2) is 6.46. The van der Waals surface area contributed by atoms with Crippen LogP contribution in [-0.4, -0.2) is 42.0 Å². The molecular formula is C11H11BrF2N2O3. The molecule has 0 aliphatic carbocycles. The van der Waals surface area contributed by atoms with Crippen molar-refractivity contribution < 1.29 is 23.5 Å². The van der Waals surface area contributed by atoms with Crippen LogP contribution in [0.4, 0.5) is 19.3 Å². The van der Waals surface area contributed by atoms with E-state index in [1.54, 1.807) is 0 Å². The number of urea groups is 1. The number of nitrogens with one attached hydrogen (secondary N) is 1. The largest absolute Gasteiger partial charge is 0.478 e. The third-order valence-corrected chi connectivity index (χ3v) is 2.71. The summed E-state index contributed by atoms with van der Waals surface area (Å²) in [6.07, 6.45) is -2.65. The summed E-state index contributed by atoms with van der Waals surface area (Å²) in [5.41, 5.74) is -0.0880. The van der Waals surface area contributed by atoms with Crippen LogP contribution in [-0.2, 0) is 0 Å². The summed E-state index contributed by atoms with van der Waals surface area (Å²) in [5.74, 6) is -1.23. The Morgan fingerprint density at radius 2 is 2.11 bits per heavy atom. The summed E-state index contributed by atoms with van der Waals surface area (Å²) >= 11 is 3.11. The standard InChI is InChI=1S/C11H11BrF2N2O3/c1-16(5-9(13)14)11(19)15-8-3-2-6(12)4-7(8)10(17)18/h2-4,9H,5H2,1H3,(H,15,19)(H,17,18). The summed E-state index contributed by atoms with van der Waals surface area (Å²) in [5, 5.41) is 11.3. The maximum absolute atomic E-state index is 12.1. The lowest BCUT2D eigenvalue weighted by atomic mass is 10.2. The minimum atomic E-state index is -2.65.